The van der Waals surface area contributed by atoms with Gasteiger partial charge in [0.1, 0.15) is 0 Å². The zero-order valence-corrected chi connectivity index (χ0v) is 21.9. The number of aliphatic carboxylic acids is 1. The van der Waals surface area contributed by atoms with Crippen molar-refractivity contribution < 1.29 is 19.5 Å². The number of anilines is 2. The first-order chi connectivity index (χ1) is 18.4. The third kappa shape index (κ3) is 7.59. The Balaban J connectivity index is 1.51. The van der Waals surface area contributed by atoms with Crippen LogP contribution in [0.2, 0.25) is 5.02 Å². The van der Waals surface area contributed by atoms with Crippen LogP contribution in [0.5, 0.6) is 0 Å². The van der Waals surface area contributed by atoms with E-state index < -0.39 is 5.97 Å². The fourth-order valence-electron chi connectivity index (χ4n) is 4.73. The van der Waals surface area contributed by atoms with Gasteiger partial charge in [-0.3, -0.25) is 14.5 Å². The minimum atomic E-state index is -0.969. The summed E-state index contributed by atoms with van der Waals surface area (Å²) in [6.07, 6.45) is 6.08. The lowest BCUT2D eigenvalue weighted by atomic mass is 9.84. The Hall–Kier alpha value is -3.84. The smallest absolute Gasteiger partial charge is 0.326 e. The highest BCUT2D eigenvalue weighted by molar-refractivity contribution is 6.30. The number of nitrogens with one attached hydrogen (secondary N) is 2. The predicted molar refractivity (Wildman–Crippen MR) is 150 cm³/mol. The zero-order valence-electron chi connectivity index (χ0n) is 21.2. The molecule has 4 rings (SSSR count). The first-order valence-electron chi connectivity index (χ1n) is 12.9. The second-order valence-corrected chi connectivity index (χ2v) is 9.99. The number of urea groups is 1. The van der Waals surface area contributed by atoms with Crippen LogP contribution in [-0.2, 0) is 11.3 Å². The van der Waals surface area contributed by atoms with Crippen molar-refractivity contribution in [2.45, 2.75) is 51.0 Å². The number of halogens is 1. The maximum absolute atomic E-state index is 13.4. The van der Waals surface area contributed by atoms with Crippen LogP contribution in [0.1, 0.15) is 65.9 Å². The second kappa shape index (κ2) is 13.1. The van der Waals surface area contributed by atoms with Crippen LogP contribution >= 0.6 is 11.6 Å². The third-order valence-electron chi connectivity index (χ3n) is 6.78. The Morgan fingerprint density at radius 1 is 0.921 bits per heavy atom. The Labute approximate surface area is 227 Å². The lowest BCUT2D eigenvalue weighted by Crippen LogP contribution is -2.34. The highest BCUT2D eigenvalue weighted by Gasteiger charge is 2.20. The molecule has 1 saturated carbocycles. The monoisotopic (exact) mass is 533 g/mol. The minimum Gasteiger partial charge on any atom is -0.481 e. The van der Waals surface area contributed by atoms with Crippen LogP contribution in [0.15, 0.2) is 72.8 Å². The molecule has 7 nitrogen and oxygen atoms in total. The van der Waals surface area contributed by atoms with E-state index in [-0.39, 0.29) is 31.4 Å². The summed E-state index contributed by atoms with van der Waals surface area (Å²) in [6.45, 7) is 0.348. The Kier molecular flexibility index (Phi) is 9.38. The average molecular weight is 534 g/mol. The molecular weight excluding hydrogens is 502 g/mol. The summed E-state index contributed by atoms with van der Waals surface area (Å²) in [4.78, 5) is 38.0. The highest BCUT2D eigenvalue weighted by atomic mass is 35.5. The minimum absolute atomic E-state index is 0.0597. The van der Waals surface area contributed by atoms with Gasteiger partial charge in [-0.05, 0) is 72.4 Å². The number of carboxylic acid groups (broad SMARTS) is 1. The first-order valence-corrected chi connectivity index (χ1v) is 13.3. The van der Waals surface area contributed by atoms with E-state index in [2.05, 4.69) is 22.8 Å². The average Bonchev–Trinajstić information content (AvgIpc) is 2.92. The van der Waals surface area contributed by atoms with Crippen molar-refractivity contribution >= 4 is 40.9 Å². The molecule has 8 heteroatoms. The van der Waals surface area contributed by atoms with Crippen LogP contribution in [0.4, 0.5) is 16.2 Å². The van der Waals surface area contributed by atoms with Crippen molar-refractivity contribution in [1.29, 1.82) is 0 Å². The van der Waals surface area contributed by atoms with Crippen molar-refractivity contribution in [3.05, 3.63) is 94.5 Å². The molecule has 198 valence electrons. The molecule has 0 heterocycles. The number of carboxylic acids is 1. The molecule has 0 saturated heterocycles. The summed E-state index contributed by atoms with van der Waals surface area (Å²) in [5.74, 6) is -0.740. The summed E-state index contributed by atoms with van der Waals surface area (Å²) in [5, 5.41) is 14.8. The molecular formula is C30H32ClN3O4. The van der Waals surface area contributed by atoms with Gasteiger partial charge < -0.3 is 15.7 Å². The van der Waals surface area contributed by atoms with Gasteiger partial charge in [-0.2, -0.15) is 0 Å². The molecule has 0 bridgehead atoms. The molecule has 0 aliphatic heterocycles. The second-order valence-electron chi connectivity index (χ2n) is 9.55. The molecule has 3 amide bonds. The molecule has 38 heavy (non-hydrogen) atoms. The molecule has 0 radical (unpaired) electrons. The molecule has 1 aliphatic carbocycles. The van der Waals surface area contributed by atoms with Gasteiger partial charge in [-0.1, -0.05) is 61.2 Å². The normalized spacial score (nSPS) is 13.5. The van der Waals surface area contributed by atoms with E-state index in [0.29, 0.717) is 22.2 Å². The molecule has 0 spiro atoms. The summed E-state index contributed by atoms with van der Waals surface area (Å²) in [7, 11) is 0. The van der Waals surface area contributed by atoms with Gasteiger partial charge >= 0.3 is 12.0 Å². The summed E-state index contributed by atoms with van der Waals surface area (Å²) < 4.78 is 0. The molecule has 1 fully saturated rings. The van der Waals surface area contributed by atoms with Crippen LogP contribution in [0.3, 0.4) is 0 Å². The zero-order chi connectivity index (χ0) is 26.9. The van der Waals surface area contributed by atoms with Crippen LogP contribution in [0, 0.1) is 0 Å². The number of hydrogen-bond acceptors (Lipinski definition) is 3. The Morgan fingerprint density at radius 3 is 2.29 bits per heavy atom. The maximum atomic E-state index is 13.4. The van der Waals surface area contributed by atoms with Gasteiger partial charge in [0.05, 0.1) is 13.0 Å². The van der Waals surface area contributed by atoms with E-state index in [9.17, 15) is 14.4 Å². The standard InChI is InChI=1S/C30H32ClN3O4/c31-25-7-4-8-26(19-25)33-30(38)34(27-15-13-23(14-16-27)22-5-2-1-3-6-22)20-21-9-11-24(12-10-21)29(37)32-18-17-28(35)36/h4,7-16,19,22H,1-3,5-6,17-18,20H2,(H,32,37)(H,33,38)(H,35,36). The first kappa shape index (κ1) is 27.2. The van der Waals surface area contributed by atoms with Crippen molar-refractivity contribution in [2.24, 2.45) is 0 Å². The summed E-state index contributed by atoms with van der Waals surface area (Å²) in [6, 6.07) is 21.9. The third-order valence-corrected chi connectivity index (χ3v) is 7.02. The van der Waals surface area contributed by atoms with Crippen LogP contribution in [-0.4, -0.2) is 29.6 Å². The molecule has 3 aromatic carbocycles. The number of nitrogens with zero attached hydrogens (tertiary/aromatic N) is 1. The van der Waals surface area contributed by atoms with Crippen molar-refractivity contribution in [1.82, 2.24) is 5.32 Å². The van der Waals surface area contributed by atoms with E-state index in [1.54, 1.807) is 53.4 Å². The summed E-state index contributed by atoms with van der Waals surface area (Å²) >= 11 is 6.11. The van der Waals surface area contributed by atoms with Gasteiger partial charge in [-0.25, -0.2) is 4.79 Å². The van der Waals surface area contributed by atoms with E-state index in [4.69, 9.17) is 16.7 Å². The Morgan fingerprint density at radius 2 is 1.63 bits per heavy atom. The number of benzene rings is 3. The van der Waals surface area contributed by atoms with Crippen LogP contribution in [0.25, 0.3) is 0 Å². The summed E-state index contributed by atoms with van der Waals surface area (Å²) in [5.41, 5.74) is 3.93. The van der Waals surface area contributed by atoms with Gasteiger partial charge in [0.2, 0.25) is 0 Å². The number of carbonyl (C=O) groups excluding carboxylic acids is 2. The quantitative estimate of drug-likeness (QED) is 0.280. The number of hydrogen-bond donors (Lipinski definition) is 3. The molecule has 3 N–H and O–H groups in total. The van der Waals surface area contributed by atoms with Gasteiger partial charge in [0.15, 0.2) is 0 Å². The highest BCUT2D eigenvalue weighted by Crippen LogP contribution is 2.33. The largest absolute Gasteiger partial charge is 0.481 e. The molecule has 3 aromatic rings. The van der Waals surface area contributed by atoms with Gasteiger partial charge in [-0.15, -0.1) is 0 Å². The van der Waals surface area contributed by atoms with E-state index in [1.165, 1.54) is 37.7 Å². The fourth-order valence-corrected chi connectivity index (χ4v) is 4.92. The maximum Gasteiger partial charge on any atom is 0.326 e. The van der Waals surface area contributed by atoms with E-state index >= 15 is 0 Å². The molecule has 0 aromatic heterocycles. The topological polar surface area (TPSA) is 98.7 Å². The molecule has 1 aliphatic rings. The lowest BCUT2D eigenvalue weighted by molar-refractivity contribution is -0.136. The number of carbonyl (C=O) groups is 3. The molecule has 0 atom stereocenters. The number of rotatable bonds is 9. The van der Waals surface area contributed by atoms with Crippen molar-refractivity contribution in [3.8, 4) is 0 Å². The Bertz CT molecular complexity index is 1260. The molecule has 0 unspecified atom stereocenters. The van der Waals surface area contributed by atoms with Gasteiger partial charge in [0, 0.05) is 28.5 Å². The van der Waals surface area contributed by atoms with Crippen LogP contribution < -0.4 is 15.5 Å². The van der Waals surface area contributed by atoms with Crippen molar-refractivity contribution in [3.63, 3.8) is 0 Å². The predicted octanol–water partition coefficient (Wildman–Crippen LogP) is 6.83. The van der Waals surface area contributed by atoms with Crippen molar-refractivity contribution in [2.75, 3.05) is 16.8 Å². The lowest BCUT2D eigenvalue weighted by Gasteiger charge is -2.26. The van der Waals surface area contributed by atoms with Gasteiger partial charge in [0.25, 0.3) is 5.91 Å². The van der Waals surface area contributed by atoms with E-state index in [0.717, 1.165) is 11.3 Å². The van der Waals surface area contributed by atoms with E-state index in [1.807, 2.05) is 12.1 Å². The number of amides is 3. The SMILES string of the molecule is O=C(O)CCNC(=O)c1ccc(CN(C(=O)Nc2cccc(Cl)c2)c2ccc(C3CCCCC3)cc2)cc1. The fraction of sp³-hybridized carbons (Fsp3) is 0.300.